The highest BCUT2D eigenvalue weighted by atomic mass is 16.6. The fourth-order valence-corrected chi connectivity index (χ4v) is 2.90. The lowest BCUT2D eigenvalue weighted by molar-refractivity contribution is -0.385. The maximum atomic E-state index is 12.3. The van der Waals surface area contributed by atoms with Crippen LogP contribution < -0.4 is 5.43 Å². The molecule has 0 radical (unpaired) electrons. The molecule has 2 aromatic carbocycles. The van der Waals surface area contributed by atoms with Crippen LogP contribution in [0.2, 0.25) is 0 Å². The van der Waals surface area contributed by atoms with E-state index in [0.717, 1.165) is 0 Å². The van der Waals surface area contributed by atoms with E-state index in [9.17, 15) is 25.0 Å². The Balaban J connectivity index is 1.81. The van der Waals surface area contributed by atoms with Crippen molar-refractivity contribution in [1.29, 1.82) is 0 Å². The van der Waals surface area contributed by atoms with Gasteiger partial charge in [0, 0.05) is 29.3 Å². The van der Waals surface area contributed by atoms with Gasteiger partial charge in [-0.3, -0.25) is 25.0 Å². The summed E-state index contributed by atoms with van der Waals surface area (Å²) in [5.74, 6) is -0.541. The Bertz CT molecular complexity index is 1230. The molecule has 0 aliphatic carbocycles. The van der Waals surface area contributed by atoms with Crippen molar-refractivity contribution in [2.75, 3.05) is 0 Å². The van der Waals surface area contributed by atoms with Gasteiger partial charge >= 0.3 is 0 Å². The maximum Gasteiger partial charge on any atom is 0.272 e. The number of nitro benzene ring substituents is 2. The Kier molecular flexibility index (Phi) is 5.81. The molecule has 0 unspecified atom stereocenters. The predicted octanol–water partition coefficient (Wildman–Crippen LogP) is 2.85. The summed E-state index contributed by atoms with van der Waals surface area (Å²) in [7, 11) is 0. The minimum Gasteiger partial charge on any atom is -0.267 e. The Morgan fingerprint density at radius 2 is 1.84 bits per heavy atom. The second kappa shape index (κ2) is 8.49. The zero-order chi connectivity index (χ0) is 22.7. The maximum absolute atomic E-state index is 12.3. The van der Waals surface area contributed by atoms with Gasteiger partial charge in [-0.2, -0.15) is 5.10 Å². The first kappa shape index (κ1) is 21.2. The average molecular weight is 423 g/mol. The summed E-state index contributed by atoms with van der Waals surface area (Å²) in [6.45, 7) is 4.88. The molecule has 12 nitrogen and oxygen atoms in total. The van der Waals surface area contributed by atoms with Crippen LogP contribution in [0.3, 0.4) is 0 Å². The normalized spacial score (nSPS) is 11.3. The smallest absolute Gasteiger partial charge is 0.267 e. The molecule has 0 atom stereocenters. The molecule has 0 aliphatic rings. The second-order valence-corrected chi connectivity index (χ2v) is 6.61. The van der Waals surface area contributed by atoms with E-state index in [1.807, 2.05) is 0 Å². The summed E-state index contributed by atoms with van der Waals surface area (Å²) in [6.07, 6.45) is 0. The number of carbonyl (C=O) groups excluding carboxylic acids is 1. The van der Waals surface area contributed by atoms with Crippen molar-refractivity contribution in [1.82, 2.24) is 20.4 Å². The van der Waals surface area contributed by atoms with Crippen molar-refractivity contribution >= 4 is 23.0 Å². The molecule has 0 aliphatic heterocycles. The Morgan fingerprint density at radius 1 is 1.10 bits per heavy atom. The number of hydrogen-bond acceptors (Lipinski definition) is 8. The Morgan fingerprint density at radius 3 is 2.48 bits per heavy atom. The molecule has 1 heterocycles. The van der Waals surface area contributed by atoms with Gasteiger partial charge in [0.15, 0.2) is 0 Å². The molecule has 0 fully saturated rings. The third kappa shape index (κ3) is 4.42. The van der Waals surface area contributed by atoms with Crippen molar-refractivity contribution in [3.05, 3.63) is 85.2 Å². The topological polar surface area (TPSA) is 158 Å². The molecule has 3 rings (SSSR count). The number of rotatable bonds is 6. The van der Waals surface area contributed by atoms with Gasteiger partial charge in [-0.05, 0) is 39.0 Å². The van der Waals surface area contributed by atoms with E-state index in [0.29, 0.717) is 28.4 Å². The number of nitro groups is 2. The number of hydrogen-bond donors (Lipinski definition) is 1. The van der Waals surface area contributed by atoms with Crippen molar-refractivity contribution in [3.63, 3.8) is 0 Å². The molecule has 158 valence electrons. The largest absolute Gasteiger partial charge is 0.272 e. The standard InChI is InChI=1S/C19H17N7O5/c1-11-9-14(7-8-17(11)26(30)31)19(27)22-20-12(2)18-13(3)24(23-21-18)15-5-4-6-16(10-15)25(28)29/h4-10H,1-3H3,(H,22,27)/b20-12-. The van der Waals surface area contributed by atoms with Gasteiger partial charge in [-0.15, -0.1) is 5.10 Å². The average Bonchev–Trinajstić information content (AvgIpc) is 3.12. The van der Waals surface area contributed by atoms with Gasteiger partial charge in [0.25, 0.3) is 17.3 Å². The van der Waals surface area contributed by atoms with E-state index in [1.54, 1.807) is 32.9 Å². The first-order chi connectivity index (χ1) is 14.7. The van der Waals surface area contributed by atoms with Gasteiger partial charge in [0.2, 0.25) is 0 Å². The number of nitrogens with one attached hydrogen (secondary N) is 1. The Hall–Kier alpha value is -4.48. The highest BCUT2D eigenvalue weighted by Gasteiger charge is 2.16. The molecule has 31 heavy (non-hydrogen) atoms. The SMILES string of the molecule is C/C(=N/NC(=O)c1ccc([N+](=O)[O-])c(C)c1)c1nnn(-c2cccc([N+](=O)[O-])c2)c1C. The summed E-state index contributed by atoms with van der Waals surface area (Å²) in [6, 6.07) is 9.95. The molecule has 0 bridgehead atoms. The first-order valence-corrected chi connectivity index (χ1v) is 8.96. The minimum absolute atomic E-state index is 0.0787. The van der Waals surface area contributed by atoms with Gasteiger partial charge in [0.1, 0.15) is 5.69 Å². The molecule has 0 saturated carbocycles. The lowest BCUT2D eigenvalue weighted by Crippen LogP contribution is -2.20. The van der Waals surface area contributed by atoms with Crippen LogP contribution in [0.25, 0.3) is 5.69 Å². The van der Waals surface area contributed by atoms with E-state index >= 15 is 0 Å². The minimum atomic E-state index is -0.541. The van der Waals surface area contributed by atoms with Gasteiger partial charge in [-0.1, -0.05) is 11.3 Å². The van der Waals surface area contributed by atoms with E-state index in [-0.39, 0.29) is 16.9 Å². The van der Waals surface area contributed by atoms with Crippen LogP contribution in [0.1, 0.15) is 34.2 Å². The molecular formula is C19H17N7O5. The highest BCUT2D eigenvalue weighted by Crippen LogP contribution is 2.20. The van der Waals surface area contributed by atoms with E-state index in [4.69, 9.17) is 0 Å². The van der Waals surface area contributed by atoms with Crippen LogP contribution in [0.4, 0.5) is 11.4 Å². The van der Waals surface area contributed by atoms with Crippen LogP contribution in [0.15, 0.2) is 47.6 Å². The van der Waals surface area contributed by atoms with Crippen molar-refractivity contribution in [3.8, 4) is 5.69 Å². The number of benzene rings is 2. The fourth-order valence-electron chi connectivity index (χ4n) is 2.90. The number of non-ortho nitro benzene ring substituents is 1. The monoisotopic (exact) mass is 423 g/mol. The summed E-state index contributed by atoms with van der Waals surface area (Å²) >= 11 is 0. The third-order valence-corrected chi connectivity index (χ3v) is 4.50. The van der Waals surface area contributed by atoms with E-state index in [1.165, 1.54) is 35.0 Å². The number of aryl methyl sites for hydroxylation is 1. The van der Waals surface area contributed by atoms with E-state index < -0.39 is 15.8 Å². The Labute approximate surface area is 175 Å². The molecule has 1 amide bonds. The molecule has 12 heteroatoms. The van der Waals surface area contributed by atoms with Crippen LogP contribution in [-0.2, 0) is 0 Å². The first-order valence-electron chi connectivity index (χ1n) is 8.96. The van der Waals surface area contributed by atoms with Gasteiger partial charge in [-0.25, -0.2) is 10.1 Å². The molecule has 1 N–H and O–H groups in total. The van der Waals surface area contributed by atoms with Gasteiger partial charge in [0.05, 0.1) is 26.9 Å². The van der Waals surface area contributed by atoms with Crippen molar-refractivity contribution < 1.29 is 14.6 Å². The summed E-state index contributed by atoms with van der Waals surface area (Å²) in [4.78, 5) is 33.2. The lowest BCUT2D eigenvalue weighted by Gasteiger charge is -2.05. The van der Waals surface area contributed by atoms with Gasteiger partial charge < -0.3 is 0 Å². The number of hydrazone groups is 1. The van der Waals surface area contributed by atoms with Crippen molar-refractivity contribution in [2.45, 2.75) is 20.8 Å². The van der Waals surface area contributed by atoms with E-state index in [2.05, 4.69) is 20.8 Å². The zero-order valence-corrected chi connectivity index (χ0v) is 16.8. The highest BCUT2D eigenvalue weighted by molar-refractivity contribution is 6.00. The molecule has 0 saturated heterocycles. The number of nitrogens with zero attached hydrogens (tertiary/aromatic N) is 6. The summed E-state index contributed by atoms with van der Waals surface area (Å²) in [5.41, 5.74) is 4.59. The van der Waals surface area contributed by atoms with Crippen LogP contribution >= 0.6 is 0 Å². The molecule has 3 aromatic rings. The van der Waals surface area contributed by atoms with Crippen molar-refractivity contribution in [2.24, 2.45) is 5.10 Å². The second-order valence-electron chi connectivity index (χ2n) is 6.61. The third-order valence-electron chi connectivity index (χ3n) is 4.50. The fraction of sp³-hybridized carbons (Fsp3) is 0.158. The predicted molar refractivity (Wildman–Crippen MR) is 110 cm³/mol. The molecule has 1 aromatic heterocycles. The quantitative estimate of drug-likeness (QED) is 0.362. The lowest BCUT2D eigenvalue weighted by atomic mass is 10.1. The van der Waals surface area contributed by atoms with Crippen LogP contribution in [-0.4, -0.2) is 36.5 Å². The number of amides is 1. The zero-order valence-electron chi connectivity index (χ0n) is 16.8. The molecule has 0 spiro atoms. The molecular weight excluding hydrogens is 406 g/mol. The summed E-state index contributed by atoms with van der Waals surface area (Å²) < 4.78 is 1.43. The summed E-state index contributed by atoms with van der Waals surface area (Å²) in [5, 5.41) is 34.0. The van der Waals surface area contributed by atoms with Crippen LogP contribution in [0.5, 0.6) is 0 Å². The van der Waals surface area contributed by atoms with Crippen LogP contribution in [0, 0.1) is 34.1 Å². The number of aromatic nitrogens is 3. The number of carbonyl (C=O) groups is 1.